The fourth-order valence-electron chi connectivity index (χ4n) is 1.38. The molecule has 1 fully saturated rings. The molecular formula is C8H14N2O. The second-order valence-electron chi connectivity index (χ2n) is 3.01. The van der Waals surface area contributed by atoms with Crippen molar-refractivity contribution in [3.05, 3.63) is 0 Å². The van der Waals surface area contributed by atoms with Crippen LogP contribution in [0.25, 0.3) is 0 Å². The number of piperidine rings is 1. The van der Waals surface area contributed by atoms with Crippen molar-refractivity contribution in [3.63, 3.8) is 0 Å². The molecule has 1 N–H and O–H groups in total. The van der Waals surface area contributed by atoms with Crippen LogP contribution in [0, 0.1) is 11.3 Å². The minimum absolute atomic E-state index is 0.161. The lowest BCUT2D eigenvalue weighted by molar-refractivity contribution is -0.129. The first-order chi connectivity index (χ1) is 5.24. The van der Waals surface area contributed by atoms with E-state index >= 15 is 0 Å². The molecular weight excluding hydrogens is 140 g/mol. The standard InChI is InChI=1S/C8H14N2O/c1-7(11)10-4-2-8(6-9)3-5-10/h6,8-9H,2-5H2,1H3. The van der Waals surface area contributed by atoms with Gasteiger partial charge in [0.05, 0.1) is 0 Å². The lowest BCUT2D eigenvalue weighted by Crippen LogP contribution is -2.37. The fraction of sp³-hybridized carbons (Fsp3) is 0.750. The summed E-state index contributed by atoms with van der Waals surface area (Å²) in [7, 11) is 0. The Kier molecular flexibility index (Phi) is 2.63. The summed E-state index contributed by atoms with van der Waals surface area (Å²) in [6, 6.07) is 0. The Morgan fingerprint density at radius 2 is 2.09 bits per heavy atom. The molecule has 0 spiro atoms. The molecule has 1 rings (SSSR count). The molecule has 0 atom stereocenters. The molecule has 1 heterocycles. The molecule has 1 saturated heterocycles. The molecule has 3 heteroatoms. The number of hydrogen-bond donors (Lipinski definition) is 1. The summed E-state index contributed by atoms with van der Waals surface area (Å²) in [5.74, 6) is 0.569. The first-order valence-corrected chi connectivity index (χ1v) is 4.00. The molecule has 0 aliphatic carbocycles. The van der Waals surface area contributed by atoms with Crippen LogP contribution in [0.3, 0.4) is 0 Å². The lowest BCUT2D eigenvalue weighted by Gasteiger charge is -2.29. The Morgan fingerprint density at radius 3 is 2.45 bits per heavy atom. The highest BCUT2D eigenvalue weighted by atomic mass is 16.2. The number of hydrogen-bond acceptors (Lipinski definition) is 2. The molecule has 11 heavy (non-hydrogen) atoms. The van der Waals surface area contributed by atoms with Gasteiger partial charge in [-0.25, -0.2) is 0 Å². The number of carbonyl (C=O) groups is 1. The van der Waals surface area contributed by atoms with Crippen molar-refractivity contribution in [1.82, 2.24) is 4.90 Å². The molecule has 0 aromatic heterocycles. The van der Waals surface area contributed by atoms with Gasteiger partial charge in [0.25, 0.3) is 0 Å². The third-order valence-corrected chi connectivity index (χ3v) is 2.22. The molecule has 3 nitrogen and oxygen atoms in total. The summed E-state index contributed by atoms with van der Waals surface area (Å²) in [5, 5.41) is 7.04. The van der Waals surface area contributed by atoms with Gasteiger partial charge in [0, 0.05) is 20.0 Å². The molecule has 1 aliphatic rings. The van der Waals surface area contributed by atoms with Gasteiger partial charge >= 0.3 is 0 Å². The predicted molar refractivity (Wildman–Crippen MR) is 43.8 cm³/mol. The molecule has 0 radical (unpaired) electrons. The van der Waals surface area contributed by atoms with E-state index in [0.29, 0.717) is 5.92 Å². The molecule has 0 bridgehead atoms. The quantitative estimate of drug-likeness (QED) is 0.560. The normalized spacial score (nSPS) is 19.9. The van der Waals surface area contributed by atoms with E-state index in [1.165, 1.54) is 6.21 Å². The van der Waals surface area contributed by atoms with Gasteiger partial charge in [-0.15, -0.1) is 0 Å². The van der Waals surface area contributed by atoms with Crippen molar-refractivity contribution >= 4 is 12.1 Å². The zero-order chi connectivity index (χ0) is 8.27. The summed E-state index contributed by atoms with van der Waals surface area (Å²) in [6.45, 7) is 3.26. The highest BCUT2D eigenvalue weighted by Crippen LogP contribution is 2.14. The average Bonchev–Trinajstić information content (AvgIpc) is 2.05. The van der Waals surface area contributed by atoms with Crippen LogP contribution in [0.4, 0.5) is 0 Å². The smallest absolute Gasteiger partial charge is 0.219 e. The van der Waals surface area contributed by atoms with E-state index in [9.17, 15) is 4.79 Å². The maximum atomic E-state index is 10.9. The van der Waals surface area contributed by atoms with Crippen LogP contribution < -0.4 is 0 Å². The van der Waals surface area contributed by atoms with Crippen LogP contribution in [0.2, 0.25) is 0 Å². The van der Waals surface area contributed by atoms with E-state index in [-0.39, 0.29) is 5.91 Å². The zero-order valence-electron chi connectivity index (χ0n) is 6.84. The summed E-state index contributed by atoms with van der Waals surface area (Å²) >= 11 is 0. The molecule has 1 amide bonds. The summed E-state index contributed by atoms with van der Waals surface area (Å²) < 4.78 is 0. The monoisotopic (exact) mass is 154 g/mol. The van der Waals surface area contributed by atoms with E-state index in [1.54, 1.807) is 6.92 Å². The number of carbonyl (C=O) groups excluding carboxylic acids is 1. The predicted octanol–water partition coefficient (Wildman–Crippen LogP) is 0.894. The van der Waals surface area contributed by atoms with Crippen LogP contribution in [-0.4, -0.2) is 30.1 Å². The van der Waals surface area contributed by atoms with E-state index in [0.717, 1.165) is 25.9 Å². The number of rotatable bonds is 1. The third-order valence-electron chi connectivity index (χ3n) is 2.22. The number of nitrogens with one attached hydrogen (secondary N) is 1. The molecule has 0 unspecified atom stereocenters. The van der Waals surface area contributed by atoms with Crippen molar-refractivity contribution in [1.29, 1.82) is 5.41 Å². The Labute approximate surface area is 66.9 Å². The largest absolute Gasteiger partial charge is 0.343 e. The maximum Gasteiger partial charge on any atom is 0.219 e. The second kappa shape index (κ2) is 3.51. The van der Waals surface area contributed by atoms with Crippen LogP contribution in [0.15, 0.2) is 0 Å². The van der Waals surface area contributed by atoms with Crippen molar-refractivity contribution in [2.24, 2.45) is 5.92 Å². The van der Waals surface area contributed by atoms with E-state index in [2.05, 4.69) is 0 Å². The van der Waals surface area contributed by atoms with Gasteiger partial charge in [-0.1, -0.05) is 0 Å². The molecule has 1 aliphatic heterocycles. The van der Waals surface area contributed by atoms with Crippen molar-refractivity contribution in [2.45, 2.75) is 19.8 Å². The van der Waals surface area contributed by atoms with Crippen molar-refractivity contribution in [3.8, 4) is 0 Å². The Bertz CT molecular complexity index is 159. The Hall–Kier alpha value is -0.860. The minimum atomic E-state index is 0.161. The van der Waals surface area contributed by atoms with Crippen LogP contribution in [-0.2, 0) is 4.79 Å². The summed E-state index contributed by atoms with van der Waals surface area (Å²) in [4.78, 5) is 12.7. The lowest BCUT2D eigenvalue weighted by atomic mass is 9.98. The average molecular weight is 154 g/mol. The number of amides is 1. The van der Waals surface area contributed by atoms with E-state index < -0.39 is 0 Å². The van der Waals surface area contributed by atoms with Crippen LogP contribution in [0.5, 0.6) is 0 Å². The molecule has 0 saturated carbocycles. The SMILES string of the molecule is CC(=O)N1CCC(C=N)CC1. The van der Waals surface area contributed by atoms with Gasteiger partial charge in [-0.3, -0.25) is 4.79 Å². The first kappa shape index (κ1) is 8.24. The van der Waals surface area contributed by atoms with Crippen molar-refractivity contribution < 1.29 is 4.79 Å². The summed E-state index contributed by atoms with van der Waals surface area (Å²) in [5.41, 5.74) is 0. The fourth-order valence-corrected chi connectivity index (χ4v) is 1.38. The van der Waals surface area contributed by atoms with Crippen LogP contribution in [0.1, 0.15) is 19.8 Å². The first-order valence-electron chi connectivity index (χ1n) is 4.00. The zero-order valence-corrected chi connectivity index (χ0v) is 6.84. The Morgan fingerprint density at radius 1 is 1.55 bits per heavy atom. The van der Waals surface area contributed by atoms with Gasteiger partial charge in [-0.2, -0.15) is 0 Å². The summed E-state index contributed by atoms with van der Waals surface area (Å²) in [6.07, 6.45) is 3.42. The van der Waals surface area contributed by atoms with Gasteiger partial charge in [0.15, 0.2) is 0 Å². The molecule has 62 valence electrons. The van der Waals surface area contributed by atoms with Gasteiger partial charge in [-0.05, 0) is 25.0 Å². The topological polar surface area (TPSA) is 44.2 Å². The van der Waals surface area contributed by atoms with Crippen LogP contribution >= 0.6 is 0 Å². The third kappa shape index (κ3) is 2.03. The number of nitrogens with zero attached hydrogens (tertiary/aromatic N) is 1. The van der Waals surface area contributed by atoms with Crippen molar-refractivity contribution in [2.75, 3.05) is 13.1 Å². The Balaban J connectivity index is 2.35. The molecule has 0 aromatic carbocycles. The van der Waals surface area contributed by atoms with Gasteiger partial charge in [0.1, 0.15) is 0 Å². The number of likely N-dealkylation sites (tertiary alicyclic amines) is 1. The van der Waals surface area contributed by atoms with E-state index in [4.69, 9.17) is 5.41 Å². The molecule has 0 aromatic rings. The highest BCUT2D eigenvalue weighted by molar-refractivity contribution is 5.73. The highest BCUT2D eigenvalue weighted by Gasteiger charge is 2.18. The maximum absolute atomic E-state index is 10.9. The van der Waals surface area contributed by atoms with Gasteiger partial charge < -0.3 is 10.3 Å². The second-order valence-corrected chi connectivity index (χ2v) is 3.01. The minimum Gasteiger partial charge on any atom is -0.343 e. The van der Waals surface area contributed by atoms with E-state index in [1.807, 2.05) is 4.90 Å². The van der Waals surface area contributed by atoms with Gasteiger partial charge in [0.2, 0.25) is 5.91 Å².